The summed E-state index contributed by atoms with van der Waals surface area (Å²) in [7, 11) is 0. The molecule has 1 spiro atoms. The Morgan fingerprint density at radius 3 is 3.11 bits per heavy atom. The molecule has 0 saturated carbocycles. The molecule has 1 amide bonds. The molecule has 0 unspecified atom stereocenters. The number of fused-ring (bicyclic) bond motifs is 1. The third-order valence-electron chi connectivity index (χ3n) is 6.07. The zero-order valence-electron chi connectivity index (χ0n) is 15.9. The van der Waals surface area contributed by atoms with E-state index in [1.807, 2.05) is 12.1 Å². The number of rotatable bonds is 6. The molecule has 4 heterocycles. The van der Waals surface area contributed by atoms with Crippen LogP contribution in [0.1, 0.15) is 32.3 Å². The maximum Gasteiger partial charge on any atom is 0.230 e. The van der Waals surface area contributed by atoms with Crippen LogP contribution in [0.3, 0.4) is 0 Å². The van der Waals surface area contributed by atoms with Gasteiger partial charge in [0.25, 0.3) is 0 Å². The number of nitrogens with one attached hydrogen (secondary N) is 1. The van der Waals surface area contributed by atoms with E-state index in [1.165, 1.54) is 0 Å². The van der Waals surface area contributed by atoms with Gasteiger partial charge >= 0.3 is 0 Å². The number of anilines is 1. The summed E-state index contributed by atoms with van der Waals surface area (Å²) in [6, 6.07) is 5.85. The van der Waals surface area contributed by atoms with Gasteiger partial charge in [0, 0.05) is 37.7 Å². The highest BCUT2D eigenvalue weighted by Gasteiger charge is 2.63. The Morgan fingerprint density at radius 1 is 1.56 bits per heavy atom. The van der Waals surface area contributed by atoms with Crippen molar-refractivity contribution < 1.29 is 9.53 Å². The molecule has 3 aliphatic rings. The minimum absolute atomic E-state index is 0.0949. The lowest BCUT2D eigenvalue weighted by Gasteiger charge is -2.29. The normalized spacial score (nSPS) is 31.2. The average molecular weight is 387 g/mol. The van der Waals surface area contributed by atoms with Crippen LogP contribution in [0.4, 0.5) is 5.82 Å². The van der Waals surface area contributed by atoms with E-state index in [0.717, 1.165) is 31.7 Å². The van der Waals surface area contributed by atoms with Crippen molar-refractivity contribution in [1.82, 2.24) is 10.3 Å². The molecule has 6 nitrogen and oxygen atoms in total. The fraction of sp³-hybridized carbons (Fsp3) is 0.650. The summed E-state index contributed by atoms with van der Waals surface area (Å²) >= 11 is 1.67. The molecule has 7 heteroatoms. The van der Waals surface area contributed by atoms with E-state index in [0.29, 0.717) is 34.9 Å². The molecule has 1 aromatic heterocycles. The first-order valence-electron chi connectivity index (χ1n) is 9.68. The zero-order chi connectivity index (χ0) is 19.0. The van der Waals surface area contributed by atoms with Crippen molar-refractivity contribution in [3.63, 3.8) is 0 Å². The monoisotopic (exact) mass is 386 g/mol. The second kappa shape index (κ2) is 7.33. The van der Waals surface area contributed by atoms with Crippen LogP contribution < -0.4 is 10.2 Å². The Morgan fingerprint density at radius 2 is 2.41 bits per heavy atom. The minimum atomic E-state index is -0.0949. The predicted octanol–water partition coefficient (Wildman–Crippen LogP) is 2.19. The number of amides is 1. The number of nitriles is 1. The van der Waals surface area contributed by atoms with Crippen molar-refractivity contribution in [1.29, 1.82) is 5.26 Å². The van der Waals surface area contributed by atoms with Gasteiger partial charge in [-0.05, 0) is 30.2 Å². The van der Waals surface area contributed by atoms with E-state index in [2.05, 4.69) is 35.1 Å². The quantitative estimate of drug-likeness (QED) is 0.808. The van der Waals surface area contributed by atoms with E-state index in [4.69, 9.17) is 10.00 Å². The number of carbonyl (C=O) groups excluding carboxylic acids is 1. The second-order valence-electron chi connectivity index (χ2n) is 8.09. The standard InChI is InChI=1S/C20H26N4O2S/c1-13(2)27-11-19(25)23-9-15-16-10-24(12-20(16)6-5-17(15)26-20)18-4-3-14(7-21)8-22-18/h3-4,8,13,15-17H,5-6,9-12H2,1-2H3,(H,23,25)/t15-,16+,17+,20+/m0/s1. The van der Waals surface area contributed by atoms with Gasteiger partial charge in [0.2, 0.25) is 5.91 Å². The molecule has 2 bridgehead atoms. The Labute approximate surface area is 164 Å². The highest BCUT2D eigenvalue weighted by atomic mass is 32.2. The molecule has 4 rings (SSSR count). The smallest absolute Gasteiger partial charge is 0.230 e. The van der Waals surface area contributed by atoms with Gasteiger partial charge in [0.15, 0.2) is 0 Å². The number of ether oxygens (including phenoxy) is 1. The lowest BCUT2D eigenvalue weighted by Crippen LogP contribution is -2.42. The van der Waals surface area contributed by atoms with Crippen molar-refractivity contribution in [2.24, 2.45) is 11.8 Å². The molecule has 27 heavy (non-hydrogen) atoms. The highest BCUT2D eigenvalue weighted by molar-refractivity contribution is 8.00. The molecule has 1 N–H and O–H groups in total. The molecule has 144 valence electrons. The number of thioether (sulfide) groups is 1. The Bertz CT molecular complexity index is 747. The number of pyridine rings is 1. The van der Waals surface area contributed by atoms with Crippen molar-refractivity contribution in [2.45, 2.75) is 43.6 Å². The first kappa shape index (κ1) is 18.6. The van der Waals surface area contributed by atoms with Gasteiger partial charge in [-0.15, -0.1) is 11.8 Å². The summed E-state index contributed by atoms with van der Waals surface area (Å²) in [5.41, 5.74) is 0.482. The van der Waals surface area contributed by atoms with Crippen LogP contribution >= 0.6 is 11.8 Å². The lowest BCUT2D eigenvalue weighted by molar-refractivity contribution is -0.118. The molecule has 0 aliphatic carbocycles. The predicted molar refractivity (Wildman–Crippen MR) is 106 cm³/mol. The van der Waals surface area contributed by atoms with E-state index >= 15 is 0 Å². The largest absolute Gasteiger partial charge is 0.369 e. The van der Waals surface area contributed by atoms with Crippen molar-refractivity contribution in [3.8, 4) is 6.07 Å². The molecule has 0 radical (unpaired) electrons. The van der Waals surface area contributed by atoms with Gasteiger partial charge in [0.05, 0.1) is 23.0 Å². The summed E-state index contributed by atoms with van der Waals surface area (Å²) < 4.78 is 6.45. The summed E-state index contributed by atoms with van der Waals surface area (Å²) in [6.07, 6.45) is 4.06. The summed E-state index contributed by atoms with van der Waals surface area (Å²) in [6.45, 7) is 6.66. The molecular weight excluding hydrogens is 360 g/mol. The van der Waals surface area contributed by atoms with E-state index in [1.54, 1.807) is 18.0 Å². The van der Waals surface area contributed by atoms with Gasteiger partial charge in [-0.3, -0.25) is 4.79 Å². The van der Waals surface area contributed by atoms with Crippen LogP contribution in [0.15, 0.2) is 18.3 Å². The summed E-state index contributed by atoms with van der Waals surface area (Å²) in [5, 5.41) is 12.6. The topological polar surface area (TPSA) is 78.3 Å². The van der Waals surface area contributed by atoms with E-state index in [-0.39, 0.29) is 17.6 Å². The molecule has 3 saturated heterocycles. The molecular formula is C20H26N4O2S. The van der Waals surface area contributed by atoms with Crippen LogP contribution in [0, 0.1) is 23.2 Å². The zero-order valence-corrected chi connectivity index (χ0v) is 16.7. The van der Waals surface area contributed by atoms with E-state index < -0.39 is 0 Å². The van der Waals surface area contributed by atoms with Gasteiger partial charge in [0.1, 0.15) is 11.9 Å². The first-order chi connectivity index (χ1) is 13.0. The number of hydrogen-bond acceptors (Lipinski definition) is 6. The maximum absolute atomic E-state index is 12.1. The maximum atomic E-state index is 12.1. The molecule has 3 fully saturated rings. The fourth-order valence-electron chi connectivity index (χ4n) is 4.80. The Kier molecular flexibility index (Phi) is 5.04. The number of aromatic nitrogens is 1. The van der Waals surface area contributed by atoms with Crippen molar-refractivity contribution in [2.75, 3.05) is 30.3 Å². The molecule has 1 aromatic rings. The van der Waals surface area contributed by atoms with Gasteiger partial charge in [-0.1, -0.05) is 13.8 Å². The average Bonchev–Trinajstić information content (AvgIpc) is 3.33. The number of nitrogens with zero attached hydrogens (tertiary/aromatic N) is 3. The molecule has 4 atom stereocenters. The van der Waals surface area contributed by atoms with Crippen LogP contribution in [0.5, 0.6) is 0 Å². The number of hydrogen-bond donors (Lipinski definition) is 1. The van der Waals surface area contributed by atoms with Crippen molar-refractivity contribution in [3.05, 3.63) is 23.9 Å². The van der Waals surface area contributed by atoms with Gasteiger partial charge in [-0.2, -0.15) is 5.26 Å². The fourth-order valence-corrected chi connectivity index (χ4v) is 5.39. The van der Waals surface area contributed by atoms with Crippen LogP contribution in [0.25, 0.3) is 0 Å². The Balaban J connectivity index is 1.40. The second-order valence-corrected chi connectivity index (χ2v) is 9.66. The summed E-state index contributed by atoms with van der Waals surface area (Å²) in [4.78, 5) is 18.9. The minimum Gasteiger partial charge on any atom is -0.369 e. The first-order valence-corrected chi connectivity index (χ1v) is 10.7. The molecule has 3 aliphatic heterocycles. The van der Waals surface area contributed by atoms with Gasteiger partial charge in [-0.25, -0.2) is 4.98 Å². The third-order valence-corrected chi connectivity index (χ3v) is 7.16. The highest BCUT2D eigenvalue weighted by Crippen LogP contribution is 2.55. The van der Waals surface area contributed by atoms with Crippen LogP contribution in [-0.4, -0.2) is 53.2 Å². The summed E-state index contributed by atoms with van der Waals surface area (Å²) in [5.74, 6) is 2.34. The lowest BCUT2D eigenvalue weighted by atomic mass is 9.73. The third kappa shape index (κ3) is 3.53. The van der Waals surface area contributed by atoms with Crippen LogP contribution in [-0.2, 0) is 9.53 Å². The van der Waals surface area contributed by atoms with Gasteiger partial charge < -0.3 is 15.0 Å². The Hall–Kier alpha value is -1.78. The molecule has 0 aromatic carbocycles. The van der Waals surface area contributed by atoms with E-state index in [9.17, 15) is 4.79 Å². The van der Waals surface area contributed by atoms with Crippen molar-refractivity contribution >= 4 is 23.5 Å². The SMILES string of the molecule is CC(C)SCC(=O)NC[C@H]1[C@H]2CN(c3ccc(C#N)cn3)C[C@]23CC[C@H]1O3. The van der Waals surface area contributed by atoms with Crippen LogP contribution in [0.2, 0.25) is 0 Å². The number of carbonyl (C=O) groups is 1.